The van der Waals surface area contributed by atoms with Crippen LogP contribution >= 0.6 is 0 Å². The van der Waals surface area contributed by atoms with E-state index < -0.39 is 10.0 Å². The van der Waals surface area contributed by atoms with Crippen molar-refractivity contribution in [2.75, 3.05) is 20.1 Å². The molecule has 124 valence electrons. The Labute approximate surface area is 133 Å². The van der Waals surface area contributed by atoms with Gasteiger partial charge in [0.05, 0.1) is 11.0 Å². The van der Waals surface area contributed by atoms with Crippen molar-refractivity contribution in [3.8, 4) is 0 Å². The van der Waals surface area contributed by atoms with Gasteiger partial charge in [0.25, 0.3) is 0 Å². The number of nitrogens with two attached hydrogens (primary N) is 1. The molecule has 1 saturated carbocycles. The van der Waals surface area contributed by atoms with Crippen LogP contribution in [0.25, 0.3) is 0 Å². The summed E-state index contributed by atoms with van der Waals surface area (Å²) in [7, 11) is -1.54. The molecule has 1 aliphatic carbocycles. The first kappa shape index (κ1) is 17.4. The summed E-state index contributed by atoms with van der Waals surface area (Å²) in [4.78, 5) is 2.39. The molecule has 3 N–H and O–H groups in total. The van der Waals surface area contributed by atoms with Crippen LogP contribution in [0.3, 0.4) is 0 Å². The number of likely N-dealkylation sites (N-methyl/N-ethyl adjacent to an activating group) is 1. The lowest BCUT2D eigenvalue weighted by Crippen LogP contribution is -2.35. The maximum Gasteiger partial charge on any atom is 0.238 e. The van der Waals surface area contributed by atoms with Crippen molar-refractivity contribution in [1.82, 2.24) is 4.90 Å². The number of benzene rings is 1. The van der Waals surface area contributed by atoms with Crippen LogP contribution in [0.5, 0.6) is 0 Å². The lowest BCUT2D eigenvalue weighted by Gasteiger charge is -2.31. The van der Waals surface area contributed by atoms with Gasteiger partial charge in [-0.3, -0.25) is 0 Å². The fourth-order valence-electron chi connectivity index (χ4n) is 3.06. The van der Waals surface area contributed by atoms with Gasteiger partial charge in [-0.2, -0.15) is 0 Å². The number of sulfonamides is 1. The Morgan fingerprint density at radius 2 is 1.86 bits per heavy atom. The molecule has 0 aliphatic heterocycles. The second kappa shape index (κ2) is 7.55. The zero-order valence-corrected chi connectivity index (χ0v) is 13.9. The molecule has 1 fully saturated rings. The van der Waals surface area contributed by atoms with Crippen LogP contribution in [-0.4, -0.2) is 44.7 Å². The largest absolute Gasteiger partial charge is 0.393 e. The monoisotopic (exact) mass is 326 g/mol. The van der Waals surface area contributed by atoms with Crippen molar-refractivity contribution in [2.45, 2.75) is 43.1 Å². The molecule has 0 bridgehead atoms. The molecule has 2 rings (SSSR count). The minimum Gasteiger partial charge on any atom is -0.393 e. The van der Waals surface area contributed by atoms with Crippen LogP contribution in [0.2, 0.25) is 0 Å². The van der Waals surface area contributed by atoms with Crippen LogP contribution in [0, 0.1) is 5.92 Å². The third kappa shape index (κ3) is 5.05. The predicted octanol–water partition coefficient (Wildman–Crippen LogP) is 1.36. The Balaban J connectivity index is 1.82. The van der Waals surface area contributed by atoms with Crippen molar-refractivity contribution in [3.05, 3.63) is 29.8 Å². The van der Waals surface area contributed by atoms with Gasteiger partial charge >= 0.3 is 0 Å². The summed E-state index contributed by atoms with van der Waals surface area (Å²) in [5.74, 6) is 0.378. The van der Waals surface area contributed by atoms with Crippen molar-refractivity contribution in [2.24, 2.45) is 11.1 Å². The minimum absolute atomic E-state index is 0.148. The number of hydrogen-bond donors (Lipinski definition) is 2. The van der Waals surface area contributed by atoms with Gasteiger partial charge in [0, 0.05) is 13.1 Å². The molecule has 1 aromatic carbocycles. The smallest absolute Gasteiger partial charge is 0.238 e. The van der Waals surface area contributed by atoms with Gasteiger partial charge in [-0.15, -0.1) is 0 Å². The van der Waals surface area contributed by atoms with Gasteiger partial charge in [0.1, 0.15) is 0 Å². The van der Waals surface area contributed by atoms with Gasteiger partial charge in [-0.25, -0.2) is 13.6 Å². The van der Waals surface area contributed by atoms with Crippen molar-refractivity contribution in [3.63, 3.8) is 0 Å². The molecule has 1 aromatic rings. The summed E-state index contributed by atoms with van der Waals surface area (Å²) in [6.07, 6.45) is 5.07. The van der Waals surface area contributed by atoms with E-state index in [0.717, 1.165) is 44.3 Å². The van der Waals surface area contributed by atoms with Gasteiger partial charge in [-0.1, -0.05) is 25.0 Å². The third-order valence-electron chi connectivity index (χ3n) is 4.45. The highest BCUT2D eigenvalue weighted by Crippen LogP contribution is 2.24. The molecule has 2 atom stereocenters. The normalized spacial score (nSPS) is 22.9. The Kier molecular flexibility index (Phi) is 5.97. The molecular formula is C16H26N2O3S. The molecule has 0 radical (unpaired) electrons. The van der Waals surface area contributed by atoms with E-state index in [0.29, 0.717) is 5.92 Å². The quantitative estimate of drug-likeness (QED) is 0.827. The lowest BCUT2D eigenvalue weighted by atomic mass is 9.86. The first-order valence-corrected chi connectivity index (χ1v) is 9.39. The Hall–Kier alpha value is -0.950. The summed E-state index contributed by atoms with van der Waals surface area (Å²) in [5, 5.41) is 15.1. The molecule has 0 spiro atoms. The fourth-order valence-corrected chi connectivity index (χ4v) is 3.57. The topological polar surface area (TPSA) is 83.6 Å². The van der Waals surface area contributed by atoms with E-state index in [1.165, 1.54) is 6.42 Å². The summed E-state index contributed by atoms with van der Waals surface area (Å²) in [5.41, 5.74) is 1.09. The molecular weight excluding hydrogens is 300 g/mol. The molecule has 5 nitrogen and oxygen atoms in total. The van der Waals surface area contributed by atoms with Crippen LogP contribution in [0.15, 0.2) is 29.2 Å². The highest BCUT2D eigenvalue weighted by atomic mass is 32.2. The average Bonchev–Trinajstić information content (AvgIpc) is 2.47. The zero-order valence-electron chi connectivity index (χ0n) is 13.1. The van der Waals surface area contributed by atoms with E-state index in [9.17, 15) is 13.5 Å². The number of aliphatic hydroxyl groups excluding tert-OH is 1. The maximum atomic E-state index is 11.2. The van der Waals surface area contributed by atoms with Gasteiger partial charge in [0.2, 0.25) is 10.0 Å². The van der Waals surface area contributed by atoms with E-state index in [2.05, 4.69) is 11.9 Å². The van der Waals surface area contributed by atoms with Crippen molar-refractivity contribution < 1.29 is 13.5 Å². The Morgan fingerprint density at radius 1 is 1.23 bits per heavy atom. The fraction of sp³-hybridized carbons (Fsp3) is 0.625. The molecule has 22 heavy (non-hydrogen) atoms. The van der Waals surface area contributed by atoms with E-state index >= 15 is 0 Å². The molecule has 0 saturated heterocycles. The summed E-state index contributed by atoms with van der Waals surface area (Å²) < 4.78 is 22.4. The summed E-state index contributed by atoms with van der Waals surface area (Å²) in [6, 6.07) is 6.72. The highest BCUT2D eigenvalue weighted by Gasteiger charge is 2.23. The van der Waals surface area contributed by atoms with E-state index in [4.69, 9.17) is 5.14 Å². The van der Waals surface area contributed by atoms with Crippen LogP contribution < -0.4 is 5.14 Å². The van der Waals surface area contributed by atoms with Gasteiger partial charge < -0.3 is 10.0 Å². The molecule has 0 amide bonds. The van der Waals surface area contributed by atoms with Crippen molar-refractivity contribution in [1.29, 1.82) is 0 Å². The SMILES string of the molecule is CN(CCc1ccc(S(N)(=O)=O)cc1)CC1CCCCC1O. The van der Waals surface area contributed by atoms with Gasteiger partial charge in [0.15, 0.2) is 0 Å². The maximum absolute atomic E-state index is 11.2. The number of nitrogens with zero attached hydrogens (tertiary/aromatic N) is 1. The zero-order chi connectivity index (χ0) is 16.2. The van der Waals surface area contributed by atoms with Crippen LogP contribution in [0.1, 0.15) is 31.2 Å². The Morgan fingerprint density at radius 3 is 2.45 bits per heavy atom. The molecule has 0 heterocycles. The standard InChI is InChI=1S/C16H26N2O3S/c1-18(12-14-4-2-3-5-16(14)19)11-10-13-6-8-15(9-7-13)22(17,20)21/h6-9,14,16,19H,2-5,10-12H2,1H3,(H2,17,20,21). The van der Waals surface area contributed by atoms with Crippen molar-refractivity contribution >= 4 is 10.0 Å². The number of aliphatic hydroxyl groups is 1. The first-order chi connectivity index (χ1) is 10.4. The second-order valence-corrected chi connectivity index (χ2v) is 7.87. The number of rotatable bonds is 6. The summed E-state index contributed by atoms with van der Waals surface area (Å²) in [6.45, 7) is 1.80. The summed E-state index contributed by atoms with van der Waals surface area (Å²) >= 11 is 0. The lowest BCUT2D eigenvalue weighted by molar-refractivity contribution is 0.0516. The third-order valence-corrected chi connectivity index (χ3v) is 5.38. The van der Waals surface area contributed by atoms with E-state index in [1.807, 2.05) is 12.1 Å². The first-order valence-electron chi connectivity index (χ1n) is 7.84. The van der Waals surface area contributed by atoms with Crippen LogP contribution in [-0.2, 0) is 16.4 Å². The van der Waals surface area contributed by atoms with E-state index in [-0.39, 0.29) is 11.0 Å². The molecule has 6 heteroatoms. The molecule has 0 aromatic heterocycles. The molecule has 2 unspecified atom stereocenters. The Bertz CT molecular complexity index is 572. The number of primary sulfonamides is 1. The van der Waals surface area contributed by atoms with Gasteiger partial charge in [-0.05, 0) is 49.9 Å². The predicted molar refractivity (Wildman–Crippen MR) is 87.0 cm³/mol. The highest BCUT2D eigenvalue weighted by molar-refractivity contribution is 7.89. The molecule has 1 aliphatic rings. The second-order valence-electron chi connectivity index (χ2n) is 6.31. The number of hydrogen-bond acceptors (Lipinski definition) is 4. The van der Waals surface area contributed by atoms with E-state index in [1.54, 1.807) is 12.1 Å². The van der Waals surface area contributed by atoms with Crippen LogP contribution in [0.4, 0.5) is 0 Å². The average molecular weight is 326 g/mol. The minimum atomic E-state index is -3.61.